The summed E-state index contributed by atoms with van der Waals surface area (Å²) >= 11 is 0. The standard InChI is InChI=1S/C9H6F3N3O/c1-5-6(9(10,11)12)15-4-2-3-13-8(15)14-7(5)16/h2-4H,1H3. The van der Waals surface area contributed by atoms with E-state index in [0.717, 1.165) is 11.3 Å². The number of nitrogens with zero attached hydrogens (tertiary/aromatic N) is 3. The fourth-order valence-electron chi connectivity index (χ4n) is 1.43. The van der Waals surface area contributed by atoms with Crippen LogP contribution in [-0.2, 0) is 6.18 Å². The van der Waals surface area contributed by atoms with Crippen molar-refractivity contribution in [1.29, 1.82) is 0 Å². The van der Waals surface area contributed by atoms with Crippen molar-refractivity contribution in [3.05, 3.63) is 40.1 Å². The second kappa shape index (κ2) is 3.29. The molecule has 0 aliphatic rings. The maximum atomic E-state index is 12.7. The zero-order chi connectivity index (χ0) is 11.9. The van der Waals surface area contributed by atoms with E-state index in [0.29, 0.717) is 0 Å². The molecule has 0 saturated carbocycles. The summed E-state index contributed by atoms with van der Waals surface area (Å²) < 4.78 is 39.0. The van der Waals surface area contributed by atoms with Gasteiger partial charge in [0.1, 0.15) is 5.69 Å². The Bertz CT molecular complexity index is 603. The van der Waals surface area contributed by atoms with E-state index in [1.165, 1.54) is 18.5 Å². The van der Waals surface area contributed by atoms with Crippen molar-refractivity contribution < 1.29 is 13.2 Å². The highest BCUT2D eigenvalue weighted by Crippen LogP contribution is 2.30. The van der Waals surface area contributed by atoms with E-state index in [9.17, 15) is 18.0 Å². The van der Waals surface area contributed by atoms with Crippen molar-refractivity contribution in [2.24, 2.45) is 0 Å². The summed E-state index contributed by atoms with van der Waals surface area (Å²) in [6.45, 7) is 1.09. The average Bonchev–Trinajstić information content (AvgIpc) is 2.17. The molecule has 0 radical (unpaired) electrons. The molecule has 0 spiro atoms. The highest BCUT2D eigenvalue weighted by molar-refractivity contribution is 5.34. The minimum absolute atomic E-state index is 0.259. The topological polar surface area (TPSA) is 47.3 Å². The van der Waals surface area contributed by atoms with Crippen LogP contribution < -0.4 is 5.56 Å². The third kappa shape index (κ3) is 1.54. The molecule has 0 unspecified atom stereocenters. The van der Waals surface area contributed by atoms with Crippen LogP contribution in [0.2, 0.25) is 0 Å². The fourth-order valence-corrected chi connectivity index (χ4v) is 1.43. The molecule has 0 amide bonds. The lowest BCUT2D eigenvalue weighted by Crippen LogP contribution is -2.24. The van der Waals surface area contributed by atoms with Crippen LogP contribution in [0.3, 0.4) is 0 Å². The highest BCUT2D eigenvalue weighted by atomic mass is 19.4. The molecule has 2 aromatic rings. The predicted molar refractivity (Wildman–Crippen MR) is 49.0 cm³/mol. The Morgan fingerprint density at radius 2 is 2.06 bits per heavy atom. The smallest absolute Gasteiger partial charge is 0.280 e. The van der Waals surface area contributed by atoms with Crippen molar-refractivity contribution in [2.45, 2.75) is 13.1 Å². The van der Waals surface area contributed by atoms with Gasteiger partial charge >= 0.3 is 6.18 Å². The van der Waals surface area contributed by atoms with Crippen molar-refractivity contribution in [3.63, 3.8) is 0 Å². The number of hydrogen-bond acceptors (Lipinski definition) is 3. The number of hydrogen-bond donors (Lipinski definition) is 0. The second-order valence-corrected chi connectivity index (χ2v) is 3.18. The van der Waals surface area contributed by atoms with Gasteiger partial charge in [0.05, 0.1) is 0 Å². The summed E-state index contributed by atoms with van der Waals surface area (Å²) in [7, 11) is 0. The second-order valence-electron chi connectivity index (χ2n) is 3.18. The highest BCUT2D eigenvalue weighted by Gasteiger charge is 2.36. The van der Waals surface area contributed by atoms with Crippen LogP contribution in [0, 0.1) is 6.92 Å². The van der Waals surface area contributed by atoms with Gasteiger partial charge in [0.2, 0.25) is 5.78 Å². The summed E-state index contributed by atoms with van der Waals surface area (Å²) in [4.78, 5) is 18.3. The summed E-state index contributed by atoms with van der Waals surface area (Å²) in [5.74, 6) is -0.259. The van der Waals surface area contributed by atoms with Crippen molar-refractivity contribution in [1.82, 2.24) is 14.4 Å². The SMILES string of the molecule is Cc1c(C(F)(F)F)n2cccnc2nc1=O. The molecule has 0 aromatic carbocycles. The van der Waals surface area contributed by atoms with Gasteiger partial charge in [0.25, 0.3) is 5.56 Å². The molecule has 2 rings (SSSR count). The van der Waals surface area contributed by atoms with Gasteiger partial charge in [-0.05, 0) is 13.0 Å². The maximum absolute atomic E-state index is 12.7. The van der Waals surface area contributed by atoms with E-state index in [4.69, 9.17) is 0 Å². The van der Waals surface area contributed by atoms with Gasteiger partial charge in [-0.3, -0.25) is 9.20 Å². The van der Waals surface area contributed by atoms with E-state index in [-0.39, 0.29) is 5.78 Å². The Morgan fingerprint density at radius 1 is 1.38 bits per heavy atom. The lowest BCUT2D eigenvalue weighted by atomic mass is 10.2. The quantitative estimate of drug-likeness (QED) is 0.686. The first-order chi connectivity index (χ1) is 7.41. The number of aromatic nitrogens is 3. The minimum Gasteiger partial charge on any atom is -0.280 e. The van der Waals surface area contributed by atoms with Crippen LogP contribution in [0.1, 0.15) is 11.3 Å². The van der Waals surface area contributed by atoms with Crippen molar-refractivity contribution in [2.75, 3.05) is 0 Å². The first-order valence-electron chi connectivity index (χ1n) is 4.32. The van der Waals surface area contributed by atoms with Crippen LogP contribution in [-0.4, -0.2) is 14.4 Å². The first kappa shape index (κ1) is 10.6. The lowest BCUT2D eigenvalue weighted by molar-refractivity contribution is -0.142. The Hall–Kier alpha value is -1.92. The molecule has 2 aromatic heterocycles. The number of rotatable bonds is 0. The molecular formula is C9H6F3N3O. The molecule has 0 bridgehead atoms. The van der Waals surface area contributed by atoms with Crippen LogP contribution in [0.15, 0.2) is 23.3 Å². The fraction of sp³-hybridized carbons (Fsp3) is 0.222. The van der Waals surface area contributed by atoms with Crippen LogP contribution in [0.4, 0.5) is 13.2 Å². The van der Waals surface area contributed by atoms with Gasteiger partial charge in [-0.15, -0.1) is 0 Å². The third-order valence-corrected chi connectivity index (χ3v) is 2.11. The Balaban J connectivity index is 2.99. The Labute approximate surface area is 87.4 Å². The van der Waals surface area contributed by atoms with Crippen LogP contribution in [0.25, 0.3) is 5.78 Å². The Morgan fingerprint density at radius 3 is 2.69 bits per heavy atom. The molecule has 4 nitrogen and oxygen atoms in total. The lowest BCUT2D eigenvalue weighted by Gasteiger charge is -2.12. The number of fused-ring (bicyclic) bond motifs is 1. The van der Waals surface area contributed by atoms with Crippen LogP contribution in [0.5, 0.6) is 0 Å². The van der Waals surface area contributed by atoms with Gasteiger partial charge in [-0.25, -0.2) is 4.98 Å². The van der Waals surface area contributed by atoms with E-state index < -0.39 is 23.0 Å². The summed E-state index contributed by atoms with van der Waals surface area (Å²) in [5, 5.41) is 0. The zero-order valence-electron chi connectivity index (χ0n) is 8.12. The van der Waals surface area contributed by atoms with Crippen molar-refractivity contribution >= 4 is 5.78 Å². The Kier molecular flexibility index (Phi) is 2.18. The molecule has 0 aliphatic carbocycles. The molecular weight excluding hydrogens is 223 g/mol. The third-order valence-electron chi connectivity index (χ3n) is 2.11. The van der Waals surface area contributed by atoms with Gasteiger partial charge in [0, 0.05) is 18.0 Å². The van der Waals surface area contributed by atoms with Gasteiger partial charge in [-0.1, -0.05) is 0 Å². The maximum Gasteiger partial charge on any atom is 0.432 e. The molecule has 0 atom stereocenters. The monoisotopic (exact) mass is 229 g/mol. The summed E-state index contributed by atoms with van der Waals surface area (Å²) in [6, 6.07) is 1.34. The van der Waals surface area contributed by atoms with E-state index in [2.05, 4.69) is 9.97 Å². The van der Waals surface area contributed by atoms with E-state index >= 15 is 0 Å². The number of alkyl halides is 3. The molecule has 0 N–H and O–H groups in total. The van der Waals surface area contributed by atoms with Gasteiger partial charge < -0.3 is 0 Å². The normalized spacial score (nSPS) is 12.0. The van der Waals surface area contributed by atoms with Crippen LogP contribution >= 0.6 is 0 Å². The molecule has 7 heteroatoms. The molecule has 0 fully saturated rings. The average molecular weight is 229 g/mol. The number of halogens is 3. The summed E-state index contributed by atoms with van der Waals surface area (Å²) in [5.41, 5.74) is -2.38. The van der Waals surface area contributed by atoms with Gasteiger partial charge in [0.15, 0.2) is 0 Å². The predicted octanol–water partition coefficient (Wildman–Crippen LogP) is 1.42. The minimum atomic E-state index is -4.61. The first-order valence-corrected chi connectivity index (χ1v) is 4.32. The molecule has 0 aliphatic heterocycles. The largest absolute Gasteiger partial charge is 0.432 e. The molecule has 2 heterocycles. The van der Waals surface area contributed by atoms with E-state index in [1.807, 2.05) is 0 Å². The van der Waals surface area contributed by atoms with E-state index in [1.54, 1.807) is 0 Å². The molecule has 84 valence electrons. The molecule has 16 heavy (non-hydrogen) atoms. The zero-order valence-corrected chi connectivity index (χ0v) is 8.12. The molecule has 0 saturated heterocycles. The van der Waals surface area contributed by atoms with Crippen molar-refractivity contribution in [3.8, 4) is 0 Å². The van der Waals surface area contributed by atoms with Gasteiger partial charge in [-0.2, -0.15) is 18.2 Å². The summed E-state index contributed by atoms with van der Waals surface area (Å²) in [6.07, 6.45) is -2.17.